The fourth-order valence-electron chi connectivity index (χ4n) is 1.81. The van der Waals surface area contributed by atoms with E-state index in [2.05, 4.69) is 24.8 Å². The van der Waals surface area contributed by atoms with Crippen LogP contribution in [0.3, 0.4) is 0 Å². The monoisotopic (exact) mass is 226 g/mol. The molecule has 1 fully saturated rings. The Hall–Kier alpha value is 1.72. The van der Waals surface area contributed by atoms with Gasteiger partial charge in [-0.15, -0.1) is 17.9 Å². The van der Waals surface area contributed by atoms with E-state index in [9.17, 15) is 0 Å². The lowest BCUT2D eigenvalue weighted by molar-refractivity contribution is 0.396. The van der Waals surface area contributed by atoms with E-state index < -0.39 is 0 Å². The quantitative estimate of drug-likeness (QED) is 0.618. The maximum atomic E-state index is 3.08. The van der Waals surface area contributed by atoms with Crippen molar-refractivity contribution in [3.63, 3.8) is 0 Å². The van der Waals surface area contributed by atoms with Crippen molar-refractivity contribution in [3.05, 3.63) is 0 Å². The van der Waals surface area contributed by atoms with Gasteiger partial charge in [0.05, 0.1) is 0 Å². The Morgan fingerprint density at radius 2 is 2.00 bits per heavy atom. The third-order valence-electron chi connectivity index (χ3n) is 2.57. The summed E-state index contributed by atoms with van der Waals surface area (Å²) in [6.45, 7) is 2.44. The van der Waals surface area contributed by atoms with E-state index in [0.717, 1.165) is 19.5 Å². The normalized spacial score (nSPS) is 36.3. The fourth-order valence-corrected chi connectivity index (χ4v) is 7.93. The van der Waals surface area contributed by atoms with Gasteiger partial charge in [0.2, 0.25) is 0 Å². The van der Waals surface area contributed by atoms with Crippen LogP contribution in [0.1, 0.15) is 32.6 Å². The molecule has 0 N–H and O–H groups in total. The van der Waals surface area contributed by atoms with E-state index in [-0.39, 0.29) is 7.30 Å². The van der Waals surface area contributed by atoms with Crippen LogP contribution in [0.15, 0.2) is 0 Å². The summed E-state index contributed by atoms with van der Waals surface area (Å²) in [6.07, 6.45) is 5.94. The van der Waals surface area contributed by atoms with Crippen molar-refractivity contribution < 1.29 is 0 Å². The molecule has 0 aliphatic heterocycles. The molecule has 0 nitrogen and oxygen atoms in total. The molecule has 1 rings (SSSR count). The van der Waals surface area contributed by atoms with Gasteiger partial charge in [-0.25, -0.2) is 0 Å². The van der Waals surface area contributed by atoms with Crippen LogP contribution in [-0.2, 0) is 0 Å². The molecular weight excluding hydrogens is 208 g/mol. The highest BCUT2D eigenvalue weighted by Crippen LogP contribution is 2.71. The highest BCUT2D eigenvalue weighted by Gasteiger charge is 2.25. The number of hydrogen-bond donors (Lipinski definition) is 0. The number of hydrogen-bond acceptors (Lipinski definition) is 0. The topological polar surface area (TPSA) is 0 Å². The highest BCUT2D eigenvalue weighted by atomic mass is 32.6. The van der Waals surface area contributed by atoms with Gasteiger partial charge in [-0.05, 0) is 18.0 Å². The van der Waals surface area contributed by atoms with Crippen molar-refractivity contribution in [1.82, 2.24) is 0 Å². The first-order valence-corrected chi connectivity index (χ1v) is 10.9. The van der Waals surface area contributed by atoms with Gasteiger partial charge in [0.15, 0.2) is 0 Å². The Balaban J connectivity index is 2.40. The Morgan fingerprint density at radius 3 is 2.55 bits per heavy atom. The SMILES string of the molecule is C[C@H]1CCCC[C@H]1P(P)PP. The minimum absolute atomic E-state index is 0.272. The molecule has 0 aromatic carbocycles. The summed E-state index contributed by atoms with van der Waals surface area (Å²) in [5.74, 6) is 1.00. The Bertz CT molecular complexity index is 113. The van der Waals surface area contributed by atoms with Crippen molar-refractivity contribution in [2.45, 2.75) is 38.3 Å². The zero-order valence-corrected chi connectivity index (χ0v) is 11.3. The highest BCUT2D eigenvalue weighted by molar-refractivity contribution is 8.61. The molecule has 11 heavy (non-hydrogen) atoms. The molecule has 1 saturated carbocycles. The first-order chi connectivity index (χ1) is 5.25. The summed E-state index contributed by atoms with van der Waals surface area (Å²) >= 11 is 0. The standard InChI is InChI=1S/C7H18P4/c1-6-4-2-3-5-7(6)11(9)10-8/h6-7,10H,2-5,8-9H2,1H3/t6-,7+,11?/m0/s1. The lowest BCUT2D eigenvalue weighted by Gasteiger charge is -2.32. The molecule has 0 radical (unpaired) electrons. The second-order valence-electron chi connectivity index (χ2n) is 3.37. The van der Waals surface area contributed by atoms with Gasteiger partial charge in [-0.1, -0.05) is 41.4 Å². The molecule has 0 amide bonds. The molecule has 0 aromatic heterocycles. The van der Waals surface area contributed by atoms with Crippen LogP contribution in [0.25, 0.3) is 0 Å². The molecule has 6 atom stereocenters. The predicted octanol–water partition coefficient (Wildman–Crippen LogP) is 4.22. The van der Waals surface area contributed by atoms with Crippen LogP contribution in [0.2, 0.25) is 0 Å². The van der Waals surface area contributed by atoms with E-state index in [1.807, 2.05) is 0 Å². The molecule has 1 aliphatic carbocycles. The smallest absolute Gasteiger partial charge is 0.0110 e. The van der Waals surface area contributed by atoms with Crippen LogP contribution < -0.4 is 0 Å². The summed E-state index contributed by atoms with van der Waals surface area (Å²) < 4.78 is 0. The Kier molecular flexibility index (Phi) is 5.35. The van der Waals surface area contributed by atoms with Crippen molar-refractivity contribution in [2.24, 2.45) is 5.92 Å². The van der Waals surface area contributed by atoms with E-state index in [4.69, 9.17) is 0 Å². The molecule has 4 heteroatoms. The van der Waals surface area contributed by atoms with Crippen molar-refractivity contribution >= 4 is 33.1 Å². The lowest BCUT2D eigenvalue weighted by Crippen LogP contribution is -2.18. The molecular formula is C7H18P4. The summed E-state index contributed by atoms with van der Waals surface area (Å²) in [5, 5.41) is 0. The second-order valence-corrected chi connectivity index (χ2v) is 13.0. The van der Waals surface area contributed by atoms with Crippen LogP contribution >= 0.6 is 33.1 Å². The van der Waals surface area contributed by atoms with Crippen LogP contribution in [0.5, 0.6) is 0 Å². The average molecular weight is 226 g/mol. The summed E-state index contributed by atoms with van der Waals surface area (Å²) in [5.41, 5.74) is 1.06. The predicted molar refractivity (Wildman–Crippen MR) is 66.1 cm³/mol. The van der Waals surface area contributed by atoms with Gasteiger partial charge in [-0.3, -0.25) is 0 Å². The first-order valence-electron chi connectivity index (χ1n) is 4.26. The van der Waals surface area contributed by atoms with E-state index in [1.165, 1.54) is 25.7 Å². The molecule has 0 spiro atoms. The summed E-state index contributed by atoms with van der Waals surface area (Å²) in [7, 11) is 7.36. The zero-order valence-electron chi connectivity index (χ0n) is 7.09. The maximum absolute atomic E-state index is 3.08. The molecule has 0 heterocycles. The minimum Gasteiger partial charge on any atom is -0.110 e. The van der Waals surface area contributed by atoms with Crippen LogP contribution in [-0.4, -0.2) is 5.66 Å². The van der Waals surface area contributed by atoms with Crippen molar-refractivity contribution in [1.29, 1.82) is 0 Å². The van der Waals surface area contributed by atoms with Crippen LogP contribution in [0, 0.1) is 5.92 Å². The third-order valence-corrected chi connectivity index (χ3v) is 14.1. The second kappa shape index (κ2) is 5.45. The minimum atomic E-state index is 0.272. The van der Waals surface area contributed by atoms with Crippen LogP contribution in [0.4, 0.5) is 0 Å². The van der Waals surface area contributed by atoms with Gasteiger partial charge in [-0.2, -0.15) is 0 Å². The molecule has 66 valence electrons. The average Bonchev–Trinajstić information content (AvgIpc) is 2.04. The molecule has 0 saturated heterocycles. The van der Waals surface area contributed by atoms with Gasteiger partial charge in [0.1, 0.15) is 0 Å². The molecule has 1 aliphatic rings. The van der Waals surface area contributed by atoms with Crippen molar-refractivity contribution in [3.8, 4) is 0 Å². The lowest BCUT2D eigenvalue weighted by atomic mass is 9.90. The van der Waals surface area contributed by atoms with E-state index in [1.54, 1.807) is 0 Å². The molecule has 0 bridgehead atoms. The largest absolute Gasteiger partial charge is 0.110 e. The maximum Gasteiger partial charge on any atom is -0.0110 e. The third kappa shape index (κ3) is 3.16. The fraction of sp³-hybridized carbons (Fsp3) is 1.00. The molecule has 4 unspecified atom stereocenters. The Labute approximate surface area is 77.7 Å². The van der Waals surface area contributed by atoms with Gasteiger partial charge < -0.3 is 0 Å². The summed E-state index contributed by atoms with van der Waals surface area (Å²) in [6, 6.07) is 0. The number of rotatable bonds is 2. The zero-order chi connectivity index (χ0) is 8.27. The van der Waals surface area contributed by atoms with Crippen molar-refractivity contribution in [2.75, 3.05) is 0 Å². The summed E-state index contributed by atoms with van der Waals surface area (Å²) in [4.78, 5) is 0. The van der Waals surface area contributed by atoms with Gasteiger partial charge in [0, 0.05) is 0 Å². The Morgan fingerprint density at radius 1 is 1.36 bits per heavy atom. The van der Waals surface area contributed by atoms with Gasteiger partial charge in [0.25, 0.3) is 0 Å². The van der Waals surface area contributed by atoms with E-state index >= 15 is 0 Å². The van der Waals surface area contributed by atoms with E-state index in [0.29, 0.717) is 0 Å². The first kappa shape index (κ1) is 10.8. The van der Waals surface area contributed by atoms with Gasteiger partial charge >= 0.3 is 0 Å². The molecule has 0 aromatic rings.